The molecule has 0 spiro atoms. The minimum Gasteiger partial charge on any atom is -0.505 e. The van der Waals surface area contributed by atoms with Crippen molar-refractivity contribution in [1.82, 2.24) is 15.2 Å². The van der Waals surface area contributed by atoms with Crippen molar-refractivity contribution in [2.45, 2.75) is 13.8 Å². The van der Waals surface area contributed by atoms with E-state index in [2.05, 4.69) is 5.10 Å². The number of rotatable bonds is 2. The number of benzene rings is 1. The third-order valence-electron chi connectivity index (χ3n) is 2.91. The number of hydrogen-bond donors (Lipinski definition) is 3. The zero-order valence-corrected chi connectivity index (χ0v) is 11.0. The fourth-order valence-corrected chi connectivity index (χ4v) is 1.98. The highest BCUT2D eigenvalue weighted by molar-refractivity contribution is 5.94. The number of hydrogen-bond acceptors (Lipinski definition) is 5. The van der Waals surface area contributed by atoms with Crippen LogP contribution in [0.3, 0.4) is 0 Å². The van der Waals surface area contributed by atoms with E-state index in [1.807, 2.05) is 37.5 Å². The number of amides is 1. The predicted molar refractivity (Wildman–Crippen MR) is 72.6 cm³/mol. The fraction of sp³-hybridized carbons (Fsp3) is 0.154. The topological polar surface area (TPSA) is 110 Å². The van der Waals surface area contributed by atoms with Crippen molar-refractivity contribution in [3.63, 3.8) is 0 Å². The van der Waals surface area contributed by atoms with E-state index in [-0.39, 0.29) is 5.69 Å². The molecule has 0 saturated heterocycles. The first kappa shape index (κ1) is 13.8. The Labute approximate surface area is 114 Å². The molecule has 2 aromatic rings. The van der Waals surface area contributed by atoms with Crippen molar-refractivity contribution < 1.29 is 9.90 Å². The molecule has 2 rings (SSSR count). The van der Waals surface area contributed by atoms with Crippen LogP contribution in [0, 0.1) is 13.8 Å². The van der Waals surface area contributed by atoms with Crippen LogP contribution in [-0.4, -0.2) is 20.8 Å². The van der Waals surface area contributed by atoms with E-state index < -0.39 is 17.2 Å². The van der Waals surface area contributed by atoms with Crippen molar-refractivity contribution in [1.29, 1.82) is 0 Å². The smallest absolute Gasteiger partial charge is 0.289 e. The molecule has 1 aromatic carbocycles. The predicted octanol–water partition coefficient (Wildman–Crippen LogP) is 0.158. The number of para-hydroxylation sites is 1. The molecule has 20 heavy (non-hydrogen) atoms. The van der Waals surface area contributed by atoms with E-state index in [0.29, 0.717) is 5.69 Å². The number of carbonyl (C=O) groups excluding carboxylic acids is 1. The lowest BCUT2D eigenvalue weighted by atomic mass is 10.1. The largest absolute Gasteiger partial charge is 0.505 e. The van der Waals surface area contributed by atoms with Crippen LogP contribution in [0.2, 0.25) is 0 Å². The third kappa shape index (κ3) is 2.26. The lowest BCUT2D eigenvalue weighted by Gasteiger charge is -2.12. The summed E-state index contributed by atoms with van der Waals surface area (Å²) in [5.41, 5.74) is 3.25. The van der Waals surface area contributed by atoms with Gasteiger partial charge in [0.25, 0.3) is 11.5 Å². The molecule has 0 fully saturated rings. The van der Waals surface area contributed by atoms with E-state index in [1.54, 1.807) is 0 Å². The van der Waals surface area contributed by atoms with Crippen LogP contribution in [0.15, 0.2) is 29.1 Å². The Kier molecular flexibility index (Phi) is 3.53. The lowest BCUT2D eigenvalue weighted by Crippen LogP contribution is -2.33. The second-order valence-corrected chi connectivity index (χ2v) is 4.34. The van der Waals surface area contributed by atoms with Crippen molar-refractivity contribution >= 4 is 5.91 Å². The van der Waals surface area contributed by atoms with Crippen LogP contribution in [0.5, 0.6) is 5.75 Å². The highest BCUT2D eigenvalue weighted by atomic mass is 16.3. The molecule has 0 bridgehead atoms. The quantitative estimate of drug-likeness (QED) is 0.410. The molecule has 0 radical (unpaired) electrons. The van der Waals surface area contributed by atoms with Gasteiger partial charge in [0.15, 0.2) is 11.4 Å². The summed E-state index contributed by atoms with van der Waals surface area (Å²) in [6.07, 6.45) is 0. The molecule has 0 atom stereocenters. The number of carbonyl (C=O) groups is 1. The summed E-state index contributed by atoms with van der Waals surface area (Å²) in [6.45, 7) is 3.65. The average molecular weight is 274 g/mol. The van der Waals surface area contributed by atoms with Gasteiger partial charge in [-0.1, -0.05) is 18.2 Å². The van der Waals surface area contributed by atoms with Gasteiger partial charge in [0.2, 0.25) is 0 Å². The van der Waals surface area contributed by atoms with Gasteiger partial charge in [-0.2, -0.15) is 9.78 Å². The third-order valence-corrected chi connectivity index (χ3v) is 2.91. The van der Waals surface area contributed by atoms with Gasteiger partial charge < -0.3 is 5.11 Å². The van der Waals surface area contributed by atoms with Crippen molar-refractivity contribution in [3.8, 4) is 11.4 Å². The number of nitrogens with two attached hydrogens (primary N) is 1. The average Bonchev–Trinajstić information content (AvgIpc) is 2.40. The van der Waals surface area contributed by atoms with Crippen molar-refractivity contribution in [2.75, 3.05) is 0 Å². The van der Waals surface area contributed by atoms with Gasteiger partial charge >= 0.3 is 0 Å². The van der Waals surface area contributed by atoms with Gasteiger partial charge in [0.05, 0.1) is 5.69 Å². The molecule has 1 heterocycles. The van der Waals surface area contributed by atoms with Crippen LogP contribution in [0.25, 0.3) is 5.69 Å². The maximum Gasteiger partial charge on any atom is 0.289 e. The molecule has 7 nitrogen and oxygen atoms in total. The Hall–Kier alpha value is -2.67. The molecule has 4 N–H and O–H groups in total. The van der Waals surface area contributed by atoms with Crippen LogP contribution < -0.4 is 16.8 Å². The minimum atomic E-state index is -0.775. The Morgan fingerprint density at radius 3 is 2.50 bits per heavy atom. The summed E-state index contributed by atoms with van der Waals surface area (Å²) in [6, 6.07) is 6.44. The maximum absolute atomic E-state index is 12.0. The van der Waals surface area contributed by atoms with Gasteiger partial charge in [-0.15, -0.1) is 0 Å². The van der Waals surface area contributed by atoms with Gasteiger partial charge in [-0.05, 0) is 25.0 Å². The molecule has 0 saturated carbocycles. The number of hydrazine groups is 1. The van der Waals surface area contributed by atoms with E-state index in [4.69, 9.17) is 5.84 Å². The molecular formula is C13H14N4O3. The van der Waals surface area contributed by atoms with E-state index in [0.717, 1.165) is 21.9 Å². The summed E-state index contributed by atoms with van der Waals surface area (Å²) >= 11 is 0. The summed E-state index contributed by atoms with van der Waals surface area (Å²) in [4.78, 5) is 23.5. The summed E-state index contributed by atoms with van der Waals surface area (Å²) in [5, 5.41) is 13.5. The first-order chi connectivity index (χ1) is 9.45. The second-order valence-electron chi connectivity index (χ2n) is 4.34. The first-order valence-electron chi connectivity index (χ1n) is 5.86. The number of aromatic nitrogens is 2. The van der Waals surface area contributed by atoms with Gasteiger partial charge in [-0.25, -0.2) is 5.84 Å². The van der Waals surface area contributed by atoms with Gasteiger partial charge in [0.1, 0.15) is 0 Å². The standard InChI is InChI=1S/C13H14N4O3/c1-7-4-3-5-8(2)12(7)17-10(19)6-9(18)11(16-17)13(20)15-14/h3-6,18H,14H2,1-2H3,(H,15,20). The molecule has 0 aliphatic carbocycles. The second kappa shape index (κ2) is 5.14. The molecule has 1 aromatic heterocycles. The van der Waals surface area contributed by atoms with Crippen LogP contribution >= 0.6 is 0 Å². The number of aromatic hydroxyl groups is 1. The highest BCUT2D eigenvalue weighted by Crippen LogP contribution is 2.18. The zero-order valence-electron chi connectivity index (χ0n) is 11.0. The minimum absolute atomic E-state index is 0.310. The molecule has 0 aliphatic rings. The van der Waals surface area contributed by atoms with Crippen molar-refractivity contribution in [3.05, 3.63) is 51.4 Å². The Bertz CT molecular complexity index is 717. The molecule has 0 unspecified atom stereocenters. The summed E-state index contributed by atoms with van der Waals surface area (Å²) < 4.78 is 1.08. The van der Waals surface area contributed by atoms with E-state index in [9.17, 15) is 14.7 Å². The molecule has 1 amide bonds. The fourth-order valence-electron chi connectivity index (χ4n) is 1.98. The zero-order chi connectivity index (χ0) is 14.9. The van der Waals surface area contributed by atoms with E-state index >= 15 is 0 Å². The number of nitrogens with one attached hydrogen (secondary N) is 1. The normalized spacial score (nSPS) is 10.3. The summed E-state index contributed by atoms with van der Waals surface area (Å²) in [5.74, 6) is 3.73. The van der Waals surface area contributed by atoms with Crippen LogP contribution in [0.1, 0.15) is 21.6 Å². The maximum atomic E-state index is 12.0. The number of nitrogens with zero attached hydrogens (tertiary/aromatic N) is 2. The number of aryl methyl sites for hydroxylation is 2. The first-order valence-corrected chi connectivity index (χ1v) is 5.86. The van der Waals surface area contributed by atoms with Gasteiger partial charge in [0, 0.05) is 6.07 Å². The van der Waals surface area contributed by atoms with E-state index in [1.165, 1.54) is 0 Å². The molecule has 0 aliphatic heterocycles. The highest BCUT2D eigenvalue weighted by Gasteiger charge is 2.17. The van der Waals surface area contributed by atoms with Gasteiger partial charge in [-0.3, -0.25) is 15.0 Å². The molecular weight excluding hydrogens is 260 g/mol. The lowest BCUT2D eigenvalue weighted by molar-refractivity contribution is 0.0943. The monoisotopic (exact) mass is 274 g/mol. The van der Waals surface area contributed by atoms with Crippen molar-refractivity contribution in [2.24, 2.45) is 5.84 Å². The number of nitrogen functional groups attached to an aromatic ring is 1. The Morgan fingerprint density at radius 1 is 1.35 bits per heavy atom. The van der Waals surface area contributed by atoms with Crippen LogP contribution in [0.4, 0.5) is 0 Å². The molecule has 104 valence electrons. The Morgan fingerprint density at radius 2 is 1.95 bits per heavy atom. The molecule has 7 heteroatoms. The van der Waals surface area contributed by atoms with Crippen LogP contribution in [-0.2, 0) is 0 Å². The SMILES string of the molecule is Cc1cccc(C)c1-n1nc(C(=O)NN)c(O)cc1=O. The Balaban J connectivity index is 2.75. The summed E-state index contributed by atoms with van der Waals surface area (Å²) in [7, 11) is 0.